The molecule has 1 atom stereocenters. The molecular weight excluding hydrogens is 356 g/mol. The Morgan fingerprint density at radius 3 is 2.54 bits per heavy atom. The van der Waals surface area contributed by atoms with Gasteiger partial charge in [0.15, 0.2) is 11.5 Å². The van der Waals surface area contributed by atoms with E-state index in [-0.39, 0.29) is 11.9 Å². The summed E-state index contributed by atoms with van der Waals surface area (Å²) in [4.78, 5) is 14.8. The molecule has 1 N–H and O–H groups in total. The van der Waals surface area contributed by atoms with Gasteiger partial charge in [0.25, 0.3) is 0 Å². The smallest absolute Gasteiger partial charge is 0.234 e. The zero-order valence-electron chi connectivity index (χ0n) is 16.7. The van der Waals surface area contributed by atoms with Crippen molar-refractivity contribution in [3.8, 4) is 17.2 Å². The van der Waals surface area contributed by atoms with Gasteiger partial charge in [-0.3, -0.25) is 9.69 Å². The number of carbonyl (C=O) groups excluding carboxylic acids is 1. The number of nitrogens with one attached hydrogen (secondary N) is 1. The number of carbonyl (C=O) groups is 1. The van der Waals surface area contributed by atoms with E-state index in [2.05, 4.69) is 16.3 Å². The fourth-order valence-corrected chi connectivity index (χ4v) is 3.74. The van der Waals surface area contributed by atoms with Gasteiger partial charge in [0, 0.05) is 18.2 Å². The first-order valence-electron chi connectivity index (χ1n) is 9.50. The highest BCUT2D eigenvalue weighted by Crippen LogP contribution is 2.36. The number of likely N-dealkylation sites (tertiary alicyclic amines) is 1. The molecule has 1 heterocycles. The second-order valence-corrected chi connectivity index (χ2v) is 6.83. The van der Waals surface area contributed by atoms with Gasteiger partial charge >= 0.3 is 0 Å². The number of ether oxygens (including phenoxy) is 3. The number of para-hydroxylation sites is 1. The van der Waals surface area contributed by atoms with Gasteiger partial charge in [-0.15, -0.1) is 0 Å². The Labute approximate surface area is 166 Å². The number of amides is 1. The molecule has 6 heteroatoms. The Bertz CT molecular complexity index is 809. The number of hydrogen-bond acceptors (Lipinski definition) is 5. The van der Waals surface area contributed by atoms with Gasteiger partial charge in [0.2, 0.25) is 5.91 Å². The summed E-state index contributed by atoms with van der Waals surface area (Å²) in [6.45, 7) is 1.73. The Hall–Kier alpha value is -2.73. The second-order valence-electron chi connectivity index (χ2n) is 6.83. The molecule has 150 valence electrons. The monoisotopic (exact) mass is 384 g/mol. The first-order valence-corrected chi connectivity index (χ1v) is 9.50. The molecule has 3 rings (SSSR count). The maximum absolute atomic E-state index is 12.5. The van der Waals surface area contributed by atoms with Crippen LogP contribution in [0.5, 0.6) is 17.2 Å². The molecule has 2 aromatic rings. The van der Waals surface area contributed by atoms with Crippen LogP contribution in [0, 0.1) is 0 Å². The summed E-state index contributed by atoms with van der Waals surface area (Å²) >= 11 is 0. The minimum atomic E-state index is 0.0123. The third-order valence-electron chi connectivity index (χ3n) is 5.17. The van der Waals surface area contributed by atoms with Gasteiger partial charge in [-0.1, -0.05) is 24.3 Å². The molecule has 28 heavy (non-hydrogen) atoms. The zero-order chi connectivity index (χ0) is 19.9. The molecule has 0 aromatic heterocycles. The van der Waals surface area contributed by atoms with Crippen LogP contribution >= 0.6 is 0 Å². The number of rotatable bonds is 8. The average Bonchev–Trinajstić information content (AvgIpc) is 3.19. The van der Waals surface area contributed by atoms with Crippen molar-refractivity contribution in [3.63, 3.8) is 0 Å². The minimum absolute atomic E-state index is 0.0123. The van der Waals surface area contributed by atoms with Gasteiger partial charge in [-0.25, -0.2) is 0 Å². The van der Waals surface area contributed by atoms with Crippen molar-refractivity contribution in [2.24, 2.45) is 0 Å². The van der Waals surface area contributed by atoms with Crippen LogP contribution in [0.1, 0.15) is 30.0 Å². The Kier molecular flexibility index (Phi) is 6.76. The fourth-order valence-electron chi connectivity index (χ4n) is 3.74. The van der Waals surface area contributed by atoms with E-state index in [0.29, 0.717) is 24.6 Å². The number of methoxy groups -OCH3 is 3. The van der Waals surface area contributed by atoms with Gasteiger partial charge in [-0.05, 0) is 43.1 Å². The summed E-state index contributed by atoms with van der Waals surface area (Å²) < 4.78 is 16.1. The predicted molar refractivity (Wildman–Crippen MR) is 108 cm³/mol. The summed E-state index contributed by atoms with van der Waals surface area (Å²) in [5, 5.41) is 3.01. The van der Waals surface area contributed by atoms with Crippen molar-refractivity contribution < 1.29 is 19.0 Å². The Morgan fingerprint density at radius 2 is 1.79 bits per heavy atom. The normalized spacial score (nSPS) is 16.6. The zero-order valence-corrected chi connectivity index (χ0v) is 16.7. The van der Waals surface area contributed by atoms with E-state index in [1.807, 2.05) is 36.4 Å². The topological polar surface area (TPSA) is 60.0 Å². The van der Waals surface area contributed by atoms with Crippen molar-refractivity contribution in [3.05, 3.63) is 53.6 Å². The highest BCUT2D eigenvalue weighted by molar-refractivity contribution is 5.78. The second kappa shape index (κ2) is 9.46. The molecule has 0 saturated carbocycles. The third kappa shape index (κ3) is 4.57. The molecule has 0 spiro atoms. The highest BCUT2D eigenvalue weighted by atomic mass is 16.5. The van der Waals surface area contributed by atoms with Crippen LogP contribution in [0.25, 0.3) is 0 Å². The lowest BCUT2D eigenvalue weighted by Gasteiger charge is -2.25. The molecule has 1 aliphatic heterocycles. The van der Waals surface area contributed by atoms with Gasteiger partial charge in [0.1, 0.15) is 5.75 Å². The van der Waals surface area contributed by atoms with E-state index in [1.54, 1.807) is 21.3 Å². The average molecular weight is 384 g/mol. The van der Waals surface area contributed by atoms with Crippen molar-refractivity contribution in [2.75, 3.05) is 34.4 Å². The van der Waals surface area contributed by atoms with Crippen LogP contribution in [0.3, 0.4) is 0 Å². The highest BCUT2D eigenvalue weighted by Gasteiger charge is 2.28. The molecular formula is C22H28N2O4. The summed E-state index contributed by atoms with van der Waals surface area (Å²) in [6, 6.07) is 13.9. The van der Waals surface area contributed by atoms with E-state index in [1.165, 1.54) is 0 Å². The van der Waals surface area contributed by atoms with Gasteiger partial charge < -0.3 is 19.5 Å². The Morgan fingerprint density at radius 1 is 1.04 bits per heavy atom. The molecule has 0 aliphatic carbocycles. The molecule has 1 aliphatic rings. The summed E-state index contributed by atoms with van der Waals surface area (Å²) in [5.41, 5.74) is 2.11. The first-order chi connectivity index (χ1) is 13.7. The number of benzene rings is 2. The van der Waals surface area contributed by atoms with Crippen LogP contribution in [0.15, 0.2) is 42.5 Å². The van der Waals surface area contributed by atoms with Gasteiger partial charge in [0.05, 0.1) is 27.9 Å². The van der Waals surface area contributed by atoms with E-state index in [4.69, 9.17) is 14.2 Å². The molecule has 1 amide bonds. The first kappa shape index (κ1) is 20.0. The van der Waals surface area contributed by atoms with Crippen LogP contribution < -0.4 is 19.5 Å². The SMILES string of the molecule is COc1ccccc1CNC(=O)CN1CCCC1c1ccc(OC)c(OC)c1. The lowest BCUT2D eigenvalue weighted by molar-refractivity contribution is -0.122. The molecule has 1 unspecified atom stereocenters. The van der Waals surface area contributed by atoms with Crippen LogP contribution in [0.4, 0.5) is 0 Å². The van der Waals surface area contributed by atoms with E-state index < -0.39 is 0 Å². The predicted octanol–water partition coefficient (Wildman–Crippen LogP) is 3.17. The molecule has 1 saturated heterocycles. The molecule has 2 aromatic carbocycles. The van der Waals surface area contributed by atoms with Crippen molar-refractivity contribution in [1.82, 2.24) is 10.2 Å². The van der Waals surface area contributed by atoms with Crippen molar-refractivity contribution in [1.29, 1.82) is 0 Å². The summed E-state index contributed by atoms with van der Waals surface area (Å²) in [7, 11) is 4.91. The van der Waals surface area contributed by atoms with E-state index >= 15 is 0 Å². The van der Waals surface area contributed by atoms with Crippen LogP contribution in [0.2, 0.25) is 0 Å². The number of hydrogen-bond donors (Lipinski definition) is 1. The summed E-state index contributed by atoms with van der Waals surface area (Å²) in [5.74, 6) is 2.23. The number of nitrogens with zero attached hydrogens (tertiary/aromatic N) is 1. The minimum Gasteiger partial charge on any atom is -0.496 e. The fraction of sp³-hybridized carbons (Fsp3) is 0.409. The van der Waals surface area contributed by atoms with Crippen molar-refractivity contribution >= 4 is 5.91 Å². The van der Waals surface area contributed by atoms with Gasteiger partial charge in [-0.2, -0.15) is 0 Å². The standard InChI is InChI=1S/C22H28N2O4/c1-26-19-9-5-4-7-17(19)14-23-22(25)15-24-12-6-8-18(24)16-10-11-20(27-2)21(13-16)28-3/h4-5,7,9-11,13,18H,6,8,12,14-15H2,1-3H3,(H,23,25). The van der Waals surface area contributed by atoms with Crippen molar-refractivity contribution in [2.45, 2.75) is 25.4 Å². The lowest BCUT2D eigenvalue weighted by atomic mass is 10.0. The van der Waals surface area contributed by atoms with E-state index in [9.17, 15) is 4.79 Å². The molecule has 0 bridgehead atoms. The molecule has 1 fully saturated rings. The Balaban J connectivity index is 1.62. The van der Waals surface area contributed by atoms with Crippen LogP contribution in [-0.2, 0) is 11.3 Å². The largest absolute Gasteiger partial charge is 0.496 e. The molecule has 6 nitrogen and oxygen atoms in total. The summed E-state index contributed by atoms with van der Waals surface area (Å²) in [6.07, 6.45) is 2.09. The van der Waals surface area contributed by atoms with Crippen LogP contribution in [-0.4, -0.2) is 45.2 Å². The quantitative estimate of drug-likeness (QED) is 0.758. The van der Waals surface area contributed by atoms with E-state index in [0.717, 1.165) is 36.3 Å². The third-order valence-corrected chi connectivity index (χ3v) is 5.17. The molecule has 0 radical (unpaired) electrons. The maximum atomic E-state index is 12.5. The lowest BCUT2D eigenvalue weighted by Crippen LogP contribution is -2.36. The maximum Gasteiger partial charge on any atom is 0.234 e.